The maximum atomic E-state index is 2.17. The molecule has 0 nitrogen and oxygen atoms in total. The molecule has 0 fully saturated rings. The van der Waals surface area contributed by atoms with Gasteiger partial charge in [0, 0.05) is 0 Å². The van der Waals surface area contributed by atoms with E-state index < -0.39 is 0 Å². The summed E-state index contributed by atoms with van der Waals surface area (Å²) in [5.74, 6) is 0. The van der Waals surface area contributed by atoms with Gasteiger partial charge in [0.05, 0.1) is 0 Å². The first-order valence-corrected chi connectivity index (χ1v) is 5.32. The Morgan fingerprint density at radius 2 is 0.929 bits per heavy atom. The van der Waals surface area contributed by atoms with Crippen LogP contribution in [-0.4, -0.2) is 51.4 Å². The first-order chi connectivity index (χ1) is 6.45. The van der Waals surface area contributed by atoms with Gasteiger partial charge in [-0.3, -0.25) is 0 Å². The van der Waals surface area contributed by atoms with Gasteiger partial charge in [-0.25, -0.2) is 0 Å². The SMILES string of the molecule is [KH].c1ccc(Pc2ccccc2)cc1. The van der Waals surface area contributed by atoms with Crippen molar-refractivity contribution in [2.75, 3.05) is 0 Å². The Bertz CT molecular complexity index is 321. The zero-order valence-electron chi connectivity index (χ0n) is 7.27. The predicted octanol–water partition coefficient (Wildman–Crippen LogP) is 1.67. The Kier molecular flexibility index (Phi) is 6.19. The molecule has 2 heteroatoms. The summed E-state index contributed by atoms with van der Waals surface area (Å²) in [6.07, 6.45) is 0. The van der Waals surface area contributed by atoms with Gasteiger partial charge in [-0.1, -0.05) is 69.2 Å². The van der Waals surface area contributed by atoms with Gasteiger partial charge in [-0.15, -0.1) is 0 Å². The average molecular weight is 226 g/mol. The van der Waals surface area contributed by atoms with Crippen molar-refractivity contribution in [3.8, 4) is 0 Å². The van der Waals surface area contributed by atoms with Crippen LogP contribution >= 0.6 is 8.58 Å². The van der Waals surface area contributed by atoms with Gasteiger partial charge >= 0.3 is 51.4 Å². The second-order valence-corrected chi connectivity index (χ2v) is 4.26. The average Bonchev–Trinajstić information content (AvgIpc) is 2.21. The molecule has 2 aromatic carbocycles. The van der Waals surface area contributed by atoms with Crippen molar-refractivity contribution in [1.29, 1.82) is 0 Å². The molecule has 0 radical (unpaired) electrons. The Balaban J connectivity index is 0.000000980. The molecule has 0 heterocycles. The maximum Gasteiger partial charge on any atom is -0.0226 e. The van der Waals surface area contributed by atoms with E-state index in [2.05, 4.69) is 60.7 Å². The molecule has 0 saturated heterocycles. The molecule has 0 spiro atoms. The molecular formula is C12H12KP. The molecule has 0 aromatic heterocycles. The molecule has 2 aromatic rings. The first-order valence-electron chi connectivity index (χ1n) is 4.32. The molecule has 0 amide bonds. The van der Waals surface area contributed by atoms with Gasteiger partial charge in [0.25, 0.3) is 0 Å². The normalized spacial score (nSPS) is 9.14. The van der Waals surface area contributed by atoms with Gasteiger partial charge in [-0.05, 0) is 10.6 Å². The van der Waals surface area contributed by atoms with Gasteiger partial charge in [-0.2, -0.15) is 0 Å². The smallest absolute Gasteiger partial charge is 0.0226 e. The number of rotatable bonds is 2. The summed E-state index contributed by atoms with van der Waals surface area (Å²) in [7, 11) is 0.777. The fourth-order valence-electron chi connectivity index (χ4n) is 1.21. The molecule has 0 aliphatic rings. The molecule has 0 atom stereocenters. The van der Waals surface area contributed by atoms with E-state index in [4.69, 9.17) is 0 Å². The summed E-state index contributed by atoms with van der Waals surface area (Å²) < 4.78 is 0. The van der Waals surface area contributed by atoms with Crippen LogP contribution in [0.2, 0.25) is 0 Å². The number of benzene rings is 2. The minimum atomic E-state index is 0. The van der Waals surface area contributed by atoms with Crippen LogP contribution in [0, 0.1) is 0 Å². The summed E-state index contributed by atoms with van der Waals surface area (Å²) in [5.41, 5.74) is 0. The van der Waals surface area contributed by atoms with Crippen LogP contribution in [0.3, 0.4) is 0 Å². The van der Waals surface area contributed by atoms with Gasteiger partial charge < -0.3 is 0 Å². The van der Waals surface area contributed by atoms with Crippen LogP contribution in [0.15, 0.2) is 60.7 Å². The second-order valence-electron chi connectivity index (χ2n) is 2.86. The quantitative estimate of drug-likeness (QED) is 0.540. The molecule has 66 valence electrons. The van der Waals surface area contributed by atoms with Crippen molar-refractivity contribution in [2.24, 2.45) is 0 Å². The monoisotopic (exact) mass is 226 g/mol. The molecule has 2 rings (SSSR count). The predicted molar refractivity (Wildman–Crippen MR) is 67.6 cm³/mol. The fraction of sp³-hybridized carbons (Fsp3) is 0. The van der Waals surface area contributed by atoms with Crippen molar-refractivity contribution in [2.45, 2.75) is 0 Å². The van der Waals surface area contributed by atoms with E-state index in [0.717, 1.165) is 8.58 Å². The van der Waals surface area contributed by atoms with Gasteiger partial charge in [0.15, 0.2) is 0 Å². The van der Waals surface area contributed by atoms with E-state index in [0.29, 0.717) is 0 Å². The molecule has 0 unspecified atom stereocenters. The Hall–Kier alpha value is 0.506. The standard InChI is InChI=1S/C12H11P.K.H/c1-3-7-11(8-4-1)13-12-9-5-2-6-10-12;;/h1-10,13H;;. The van der Waals surface area contributed by atoms with Gasteiger partial charge in [0.1, 0.15) is 0 Å². The van der Waals surface area contributed by atoms with E-state index in [1.807, 2.05) is 0 Å². The minimum Gasteiger partial charge on any atom is -0.0622 e. The Morgan fingerprint density at radius 1 is 0.571 bits per heavy atom. The van der Waals surface area contributed by atoms with E-state index in [1.54, 1.807) is 0 Å². The maximum absolute atomic E-state index is 2.17. The van der Waals surface area contributed by atoms with E-state index in [9.17, 15) is 0 Å². The van der Waals surface area contributed by atoms with Crippen LogP contribution in [0.1, 0.15) is 0 Å². The van der Waals surface area contributed by atoms with Crippen LogP contribution in [0.5, 0.6) is 0 Å². The number of hydrogen-bond donors (Lipinski definition) is 0. The molecule has 0 aliphatic heterocycles. The van der Waals surface area contributed by atoms with Gasteiger partial charge in [0.2, 0.25) is 0 Å². The molecule has 0 bridgehead atoms. The third kappa shape index (κ3) is 3.94. The first kappa shape index (κ1) is 12.6. The van der Waals surface area contributed by atoms with Crippen molar-refractivity contribution >= 4 is 70.6 Å². The fourth-order valence-corrected chi connectivity index (χ4v) is 2.26. The molecule has 14 heavy (non-hydrogen) atoms. The van der Waals surface area contributed by atoms with Crippen LogP contribution < -0.4 is 10.6 Å². The van der Waals surface area contributed by atoms with Crippen LogP contribution in [-0.2, 0) is 0 Å². The summed E-state index contributed by atoms with van der Waals surface area (Å²) in [6, 6.07) is 21.2. The van der Waals surface area contributed by atoms with Crippen molar-refractivity contribution in [1.82, 2.24) is 0 Å². The summed E-state index contributed by atoms with van der Waals surface area (Å²) in [4.78, 5) is 0. The zero-order valence-corrected chi connectivity index (χ0v) is 8.27. The Morgan fingerprint density at radius 3 is 1.29 bits per heavy atom. The second kappa shape index (κ2) is 6.89. The summed E-state index contributed by atoms with van der Waals surface area (Å²) in [5, 5.41) is 2.79. The largest absolute Gasteiger partial charge is 0.0622 e. The Labute approximate surface area is 129 Å². The topological polar surface area (TPSA) is 0 Å². The van der Waals surface area contributed by atoms with Crippen LogP contribution in [0.4, 0.5) is 0 Å². The van der Waals surface area contributed by atoms with Crippen molar-refractivity contribution < 1.29 is 0 Å². The van der Waals surface area contributed by atoms with Crippen molar-refractivity contribution in [3.63, 3.8) is 0 Å². The number of hydrogen-bond acceptors (Lipinski definition) is 0. The van der Waals surface area contributed by atoms with Crippen molar-refractivity contribution in [3.05, 3.63) is 60.7 Å². The summed E-state index contributed by atoms with van der Waals surface area (Å²) in [6.45, 7) is 0. The van der Waals surface area contributed by atoms with Crippen LogP contribution in [0.25, 0.3) is 0 Å². The zero-order chi connectivity index (χ0) is 8.93. The summed E-state index contributed by atoms with van der Waals surface area (Å²) >= 11 is 0. The molecule has 0 saturated carbocycles. The molecule has 0 N–H and O–H groups in total. The molecular weight excluding hydrogens is 214 g/mol. The third-order valence-corrected chi connectivity index (χ3v) is 3.08. The van der Waals surface area contributed by atoms with E-state index in [-0.39, 0.29) is 51.4 Å². The minimum absolute atomic E-state index is 0. The third-order valence-electron chi connectivity index (χ3n) is 1.84. The van der Waals surface area contributed by atoms with E-state index >= 15 is 0 Å². The molecule has 0 aliphatic carbocycles. The van der Waals surface area contributed by atoms with E-state index in [1.165, 1.54) is 10.6 Å².